The van der Waals surface area contributed by atoms with Crippen molar-refractivity contribution in [1.82, 2.24) is 0 Å². The van der Waals surface area contributed by atoms with Gasteiger partial charge in [-0.1, -0.05) is 81.4 Å². The summed E-state index contributed by atoms with van der Waals surface area (Å²) in [5.74, 6) is -0.226. The molecule has 5 atom stereocenters. The van der Waals surface area contributed by atoms with Crippen LogP contribution in [-0.2, 0) is 23.4 Å². The lowest BCUT2D eigenvalue weighted by Crippen LogP contribution is -2.68. The summed E-state index contributed by atoms with van der Waals surface area (Å²) in [7, 11) is -1.36. The van der Waals surface area contributed by atoms with Gasteiger partial charge in [-0.3, -0.25) is 4.79 Å². The van der Waals surface area contributed by atoms with Crippen molar-refractivity contribution in [3.8, 4) is 0 Å². The minimum Gasteiger partial charge on any atom is -0.469 e. The lowest BCUT2D eigenvalue weighted by Gasteiger charge is -2.47. The number of carbonyl (C=O) groups excluding carboxylic acids is 1. The third kappa shape index (κ3) is 6.30. The highest BCUT2D eigenvalue weighted by molar-refractivity contribution is 6.99. The molecule has 2 heterocycles. The number of methoxy groups -OCH3 is 1. The zero-order chi connectivity index (χ0) is 28.1. The number of hydrogen-bond acceptors (Lipinski definition) is 5. The second-order valence-electron chi connectivity index (χ2n) is 12.1. The first kappa shape index (κ1) is 29.5. The average Bonchev–Trinajstić information content (AvgIpc) is 3.30. The molecule has 7 heteroatoms. The van der Waals surface area contributed by atoms with Gasteiger partial charge in [-0.25, -0.2) is 6.57 Å². The Balaban J connectivity index is 1.70. The molecule has 210 valence electrons. The van der Waals surface area contributed by atoms with Gasteiger partial charge in [0, 0.05) is 26.2 Å². The Bertz CT molecular complexity index is 1090. The molecular formula is C32H43NO5Si. The minimum atomic E-state index is -2.78. The van der Waals surface area contributed by atoms with Gasteiger partial charge < -0.3 is 23.5 Å². The Kier molecular flexibility index (Phi) is 9.33. The van der Waals surface area contributed by atoms with E-state index in [1.54, 1.807) is 0 Å². The number of rotatable bonds is 10. The summed E-state index contributed by atoms with van der Waals surface area (Å²) in [5, 5.41) is 2.30. The second-order valence-corrected chi connectivity index (χ2v) is 16.4. The molecule has 0 bridgehead atoms. The van der Waals surface area contributed by atoms with E-state index in [-0.39, 0.29) is 35.4 Å². The van der Waals surface area contributed by atoms with Gasteiger partial charge in [0.15, 0.2) is 0 Å². The lowest BCUT2D eigenvalue weighted by molar-refractivity contribution is -0.181. The SMILES string of the molecule is [C-]#[N+][C@H](C)CC1CC[C@@H]2O[C@@H](CCC(=O)OC)C[C@]2(CO[Si](c2ccccc2)(c2ccccc2)C(C)(C)C)O1. The summed E-state index contributed by atoms with van der Waals surface area (Å²) in [6.07, 6.45) is 3.75. The number of benzene rings is 2. The lowest BCUT2D eigenvalue weighted by atomic mass is 9.85. The third-order valence-electron chi connectivity index (χ3n) is 8.34. The fourth-order valence-corrected chi connectivity index (χ4v) is 11.0. The number of fused-ring (bicyclic) bond motifs is 1. The summed E-state index contributed by atoms with van der Waals surface area (Å²) < 4.78 is 25.7. The zero-order valence-corrected chi connectivity index (χ0v) is 25.0. The van der Waals surface area contributed by atoms with Gasteiger partial charge in [0.05, 0.1) is 32.0 Å². The van der Waals surface area contributed by atoms with Gasteiger partial charge >= 0.3 is 5.97 Å². The van der Waals surface area contributed by atoms with Crippen molar-refractivity contribution in [2.45, 2.75) is 101 Å². The molecule has 2 aromatic rings. The van der Waals surface area contributed by atoms with Crippen molar-refractivity contribution in [1.29, 1.82) is 0 Å². The fraction of sp³-hybridized carbons (Fsp3) is 0.562. The van der Waals surface area contributed by atoms with Crippen molar-refractivity contribution in [2.75, 3.05) is 13.7 Å². The molecule has 6 nitrogen and oxygen atoms in total. The zero-order valence-electron chi connectivity index (χ0n) is 24.0. The minimum absolute atomic E-state index is 0.0175. The molecule has 2 aliphatic rings. The van der Waals surface area contributed by atoms with E-state index in [4.69, 9.17) is 25.2 Å². The molecule has 0 saturated carbocycles. The quantitative estimate of drug-likeness (QED) is 0.229. The van der Waals surface area contributed by atoms with Crippen molar-refractivity contribution in [3.05, 3.63) is 72.1 Å². The van der Waals surface area contributed by atoms with Crippen molar-refractivity contribution < 1.29 is 23.4 Å². The molecule has 0 N–H and O–H groups in total. The number of esters is 1. The topological polar surface area (TPSA) is 58.4 Å². The average molecular weight is 550 g/mol. The number of hydrogen-bond donors (Lipinski definition) is 0. The van der Waals surface area contributed by atoms with Gasteiger partial charge in [0.1, 0.15) is 5.60 Å². The van der Waals surface area contributed by atoms with Crippen LogP contribution < -0.4 is 10.4 Å². The predicted molar refractivity (Wildman–Crippen MR) is 156 cm³/mol. The van der Waals surface area contributed by atoms with E-state index in [0.717, 1.165) is 12.8 Å². The van der Waals surface area contributed by atoms with E-state index in [0.29, 0.717) is 32.3 Å². The van der Waals surface area contributed by atoms with Crippen LogP contribution in [0, 0.1) is 6.57 Å². The largest absolute Gasteiger partial charge is 0.469 e. The van der Waals surface area contributed by atoms with Crippen LogP contribution in [0.1, 0.15) is 66.2 Å². The van der Waals surface area contributed by atoms with Crippen LogP contribution in [-0.4, -0.2) is 58.0 Å². The molecule has 2 aromatic carbocycles. The maximum atomic E-state index is 11.9. The van der Waals surface area contributed by atoms with E-state index in [1.807, 2.05) is 6.92 Å². The standard InChI is InChI=1S/C32H43NO5Si/c1-24(33-5)21-25-17-19-29-32(38-25,22-26(37-29)18-20-30(34)35-6)23-36-39(31(2,3)4,27-13-9-7-10-14-27)28-15-11-8-12-16-28/h7-16,24-26,29H,17-23H2,1-4,6H3/t24-,25?,26+,29+,32-/m1/s1. The summed E-state index contributed by atoms with van der Waals surface area (Å²) >= 11 is 0. The van der Waals surface area contributed by atoms with E-state index < -0.39 is 13.9 Å². The van der Waals surface area contributed by atoms with Crippen molar-refractivity contribution in [3.63, 3.8) is 0 Å². The summed E-state index contributed by atoms with van der Waals surface area (Å²) in [6, 6.07) is 21.2. The van der Waals surface area contributed by atoms with E-state index in [2.05, 4.69) is 86.3 Å². The highest BCUT2D eigenvalue weighted by Crippen LogP contribution is 2.46. The molecule has 0 aromatic heterocycles. The van der Waals surface area contributed by atoms with Crippen LogP contribution in [0.4, 0.5) is 0 Å². The Hall–Kier alpha value is -2.50. The molecule has 0 spiro atoms. The smallest absolute Gasteiger partial charge is 0.305 e. The molecule has 2 aliphatic heterocycles. The molecule has 39 heavy (non-hydrogen) atoms. The molecule has 0 radical (unpaired) electrons. The maximum Gasteiger partial charge on any atom is 0.305 e. The number of nitrogens with zero attached hydrogens (tertiary/aromatic N) is 1. The van der Waals surface area contributed by atoms with Gasteiger partial charge in [-0.15, -0.1) is 0 Å². The monoisotopic (exact) mass is 549 g/mol. The van der Waals surface area contributed by atoms with E-state index >= 15 is 0 Å². The first-order chi connectivity index (χ1) is 18.6. The Morgan fingerprint density at radius 3 is 2.23 bits per heavy atom. The van der Waals surface area contributed by atoms with Crippen molar-refractivity contribution in [2.24, 2.45) is 0 Å². The molecule has 0 aliphatic carbocycles. The van der Waals surface area contributed by atoms with Crippen LogP contribution in [0.3, 0.4) is 0 Å². The van der Waals surface area contributed by atoms with Crippen LogP contribution >= 0.6 is 0 Å². The van der Waals surface area contributed by atoms with Crippen LogP contribution in [0.25, 0.3) is 4.85 Å². The normalized spacial score (nSPS) is 25.9. The van der Waals surface area contributed by atoms with E-state index in [1.165, 1.54) is 17.5 Å². The third-order valence-corrected chi connectivity index (χ3v) is 13.3. The molecule has 2 fully saturated rings. The van der Waals surface area contributed by atoms with Crippen LogP contribution in [0.5, 0.6) is 0 Å². The first-order valence-electron chi connectivity index (χ1n) is 14.1. The number of ether oxygens (including phenoxy) is 3. The maximum absolute atomic E-state index is 11.9. The fourth-order valence-electron chi connectivity index (χ4n) is 6.43. The summed E-state index contributed by atoms with van der Waals surface area (Å²) in [4.78, 5) is 15.6. The van der Waals surface area contributed by atoms with Crippen molar-refractivity contribution >= 4 is 24.7 Å². The molecule has 0 amide bonds. The van der Waals surface area contributed by atoms with Crippen LogP contribution in [0.2, 0.25) is 5.04 Å². The predicted octanol–water partition coefficient (Wildman–Crippen LogP) is 5.29. The summed E-state index contributed by atoms with van der Waals surface area (Å²) in [5.41, 5.74) is -0.626. The van der Waals surface area contributed by atoms with Crippen LogP contribution in [0.15, 0.2) is 60.7 Å². The van der Waals surface area contributed by atoms with Gasteiger partial charge in [0.25, 0.3) is 8.32 Å². The van der Waals surface area contributed by atoms with Gasteiger partial charge in [0.2, 0.25) is 6.04 Å². The highest BCUT2D eigenvalue weighted by Gasteiger charge is 2.57. The Morgan fingerprint density at radius 2 is 1.69 bits per heavy atom. The Morgan fingerprint density at radius 1 is 1.08 bits per heavy atom. The van der Waals surface area contributed by atoms with Gasteiger partial charge in [-0.05, 0) is 34.7 Å². The highest BCUT2D eigenvalue weighted by atomic mass is 28.4. The molecule has 4 rings (SSSR count). The Labute approximate surface area is 234 Å². The second kappa shape index (κ2) is 12.3. The van der Waals surface area contributed by atoms with E-state index in [9.17, 15) is 4.79 Å². The molecular weight excluding hydrogens is 506 g/mol. The van der Waals surface area contributed by atoms with Gasteiger partial charge in [-0.2, -0.15) is 0 Å². The summed E-state index contributed by atoms with van der Waals surface area (Å²) in [6.45, 7) is 16.7. The first-order valence-corrected chi connectivity index (χ1v) is 16.1. The number of carbonyl (C=O) groups is 1. The molecule has 1 unspecified atom stereocenters. The molecule has 2 saturated heterocycles.